The largest absolute Gasteiger partial charge is 0.477 e. The van der Waals surface area contributed by atoms with Crippen LogP contribution in [0.2, 0.25) is 0 Å². The summed E-state index contributed by atoms with van der Waals surface area (Å²) in [6.07, 6.45) is 2.15. The number of rotatable bonds is 4. The normalized spacial score (nSPS) is 18.9. The summed E-state index contributed by atoms with van der Waals surface area (Å²) in [4.78, 5) is 25.9. The molecular weight excluding hydrogens is 355 g/mol. The highest BCUT2D eigenvalue weighted by Crippen LogP contribution is 2.41. The van der Waals surface area contributed by atoms with E-state index in [1.807, 2.05) is 11.8 Å². The van der Waals surface area contributed by atoms with Crippen LogP contribution in [0.5, 0.6) is 5.75 Å². The fraction of sp³-hybridized carbons (Fsp3) is 0.444. The fourth-order valence-corrected chi connectivity index (χ4v) is 3.89. The number of nitrogens with zero attached hydrogens (tertiary/aromatic N) is 3. The smallest absolute Gasteiger partial charge is 0.341 e. The van der Waals surface area contributed by atoms with Crippen molar-refractivity contribution in [3.8, 4) is 5.75 Å². The molecule has 0 bridgehead atoms. The van der Waals surface area contributed by atoms with Gasteiger partial charge in [0.05, 0.1) is 5.39 Å². The summed E-state index contributed by atoms with van der Waals surface area (Å²) >= 11 is 0. The SMILES string of the molecule is CCNC1CCN(c2c(F)cc3c(=O)c(C(=O)O)cn4c3c2OCN4C)C1. The molecule has 1 atom stereocenters. The van der Waals surface area contributed by atoms with Crippen LogP contribution in [0.4, 0.5) is 10.1 Å². The van der Waals surface area contributed by atoms with Gasteiger partial charge in [-0.15, -0.1) is 0 Å². The molecule has 0 spiro atoms. The molecule has 2 N–H and O–H groups in total. The molecule has 8 nitrogen and oxygen atoms in total. The van der Waals surface area contributed by atoms with Crippen molar-refractivity contribution < 1.29 is 19.0 Å². The number of carbonyl (C=O) groups is 1. The molecular formula is C18H21FN4O4. The summed E-state index contributed by atoms with van der Waals surface area (Å²) in [5.74, 6) is -1.63. The van der Waals surface area contributed by atoms with Crippen LogP contribution in [0.25, 0.3) is 10.9 Å². The van der Waals surface area contributed by atoms with Gasteiger partial charge in [-0.25, -0.2) is 9.18 Å². The first kappa shape index (κ1) is 17.6. The molecule has 1 aromatic carbocycles. The molecule has 1 unspecified atom stereocenters. The highest BCUT2D eigenvalue weighted by atomic mass is 19.1. The van der Waals surface area contributed by atoms with E-state index in [2.05, 4.69) is 5.32 Å². The Labute approximate surface area is 154 Å². The predicted molar refractivity (Wildman–Crippen MR) is 99.1 cm³/mol. The van der Waals surface area contributed by atoms with Crippen molar-refractivity contribution in [1.82, 2.24) is 9.99 Å². The van der Waals surface area contributed by atoms with Gasteiger partial charge in [-0.1, -0.05) is 6.92 Å². The molecule has 0 amide bonds. The van der Waals surface area contributed by atoms with E-state index in [0.717, 1.165) is 19.0 Å². The number of nitrogens with one attached hydrogen (secondary N) is 1. The van der Waals surface area contributed by atoms with Crippen molar-refractivity contribution in [2.45, 2.75) is 19.4 Å². The number of hydrogen-bond acceptors (Lipinski definition) is 6. The van der Waals surface area contributed by atoms with Crippen LogP contribution in [0.1, 0.15) is 23.7 Å². The molecule has 0 aliphatic carbocycles. The zero-order valence-corrected chi connectivity index (χ0v) is 15.2. The maximum Gasteiger partial charge on any atom is 0.341 e. The third kappa shape index (κ3) is 2.69. The number of ether oxygens (including phenoxy) is 1. The number of aromatic nitrogens is 1. The number of anilines is 1. The Morgan fingerprint density at radius 1 is 1.48 bits per heavy atom. The lowest BCUT2D eigenvalue weighted by molar-refractivity contribution is 0.0694. The molecule has 0 radical (unpaired) electrons. The Morgan fingerprint density at radius 3 is 2.96 bits per heavy atom. The van der Waals surface area contributed by atoms with Crippen LogP contribution in [0.3, 0.4) is 0 Å². The zero-order valence-electron chi connectivity index (χ0n) is 15.2. The van der Waals surface area contributed by atoms with Crippen molar-refractivity contribution >= 4 is 22.6 Å². The highest BCUT2D eigenvalue weighted by Gasteiger charge is 2.32. The van der Waals surface area contributed by atoms with E-state index in [9.17, 15) is 14.7 Å². The number of aromatic carboxylic acids is 1. The maximum atomic E-state index is 15.0. The summed E-state index contributed by atoms with van der Waals surface area (Å²) in [6, 6.07) is 1.39. The first-order chi connectivity index (χ1) is 12.9. The van der Waals surface area contributed by atoms with Crippen molar-refractivity contribution in [3.05, 3.63) is 33.9 Å². The van der Waals surface area contributed by atoms with E-state index in [4.69, 9.17) is 4.74 Å². The molecule has 1 aromatic heterocycles. The molecule has 144 valence electrons. The van der Waals surface area contributed by atoms with E-state index in [1.165, 1.54) is 6.20 Å². The van der Waals surface area contributed by atoms with Gasteiger partial charge in [-0.3, -0.25) is 14.5 Å². The van der Waals surface area contributed by atoms with Gasteiger partial charge in [0.2, 0.25) is 5.43 Å². The summed E-state index contributed by atoms with van der Waals surface area (Å²) in [5, 5.41) is 14.3. The van der Waals surface area contributed by atoms with E-state index < -0.39 is 22.8 Å². The number of carboxylic acid groups (broad SMARTS) is 1. The van der Waals surface area contributed by atoms with Gasteiger partial charge in [-0.2, -0.15) is 0 Å². The monoisotopic (exact) mass is 376 g/mol. The Morgan fingerprint density at radius 2 is 2.26 bits per heavy atom. The Balaban J connectivity index is 1.94. The molecule has 27 heavy (non-hydrogen) atoms. The lowest BCUT2D eigenvalue weighted by Crippen LogP contribution is -2.40. The van der Waals surface area contributed by atoms with E-state index >= 15 is 4.39 Å². The van der Waals surface area contributed by atoms with Gasteiger partial charge in [0, 0.05) is 32.4 Å². The molecule has 4 rings (SSSR count). The molecule has 9 heteroatoms. The number of hydrogen-bond donors (Lipinski definition) is 2. The Hall–Kier alpha value is -2.81. The molecule has 0 saturated carbocycles. The molecule has 2 aliphatic heterocycles. The van der Waals surface area contributed by atoms with Crippen LogP contribution in [-0.2, 0) is 0 Å². The molecule has 3 heterocycles. The Bertz CT molecular complexity index is 990. The van der Waals surface area contributed by atoms with Crippen molar-refractivity contribution in [2.24, 2.45) is 0 Å². The van der Waals surface area contributed by atoms with Crippen LogP contribution >= 0.6 is 0 Å². The van der Waals surface area contributed by atoms with Crippen LogP contribution in [-0.4, -0.2) is 55.2 Å². The topological polar surface area (TPSA) is 87.0 Å². The summed E-state index contributed by atoms with van der Waals surface area (Å²) in [6.45, 7) is 4.29. The summed E-state index contributed by atoms with van der Waals surface area (Å²) in [5.41, 5.74) is -0.400. The predicted octanol–water partition coefficient (Wildman–Crippen LogP) is 0.945. The van der Waals surface area contributed by atoms with E-state index in [1.54, 1.807) is 16.7 Å². The second kappa shape index (κ2) is 6.41. The third-order valence-corrected chi connectivity index (χ3v) is 5.14. The first-order valence-electron chi connectivity index (χ1n) is 8.90. The van der Waals surface area contributed by atoms with E-state index in [-0.39, 0.29) is 23.9 Å². The first-order valence-corrected chi connectivity index (χ1v) is 8.90. The van der Waals surface area contributed by atoms with Crippen LogP contribution in [0, 0.1) is 5.82 Å². The van der Waals surface area contributed by atoms with Crippen molar-refractivity contribution in [1.29, 1.82) is 0 Å². The van der Waals surface area contributed by atoms with Crippen molar-refractivity contribution in [3.63, 3.8) is 0 Å². The minimum absolute atomic E-state index is 0.000120. The van der Waals surface area contributed by atoms with Crippen LogP contribution < -0.4 is 25.4 Å². The average molecular weight is 376 g/mol. The quantitative estimate of drug-likeness (QED) is 0.821. The molecule has 1 fully saturated rings. The lowest BCUT2D eigenvalue weighted by Gasteiger charge is -2.33. The highest BCUT2D eigenvalue weighted by molar-refractivity contribution is 5.97. The average Bonchev–Trinajstić information content (AvgIpc) is 3.07. The number of halogens is 1. The van der Waals surface area contributed by atoms with Gasteiger partial charge in [0.25, 0.3) is 0 Å². The maximum absolute atomic E-state index is 15.0. The minimum Gasteiger partial charge on any atom is -0.477 e. The molecule has 2 aliphatic rings. The van der Waals surface area contributed by atoms with Crippen LogP contribution in [0.15, 0.2) is 17.1 Å². The van der Waals surface area contributed by atoms with E-state index in [0.29, 0.717) is 24.3 Å². The second-order valence-corrected chi connectivity index (χ2v) is 6.87. The van der Waals surface area contributed by atoms with Gasteiger partial charge in [-0.05, 0) is 19.0 Å². The summed E-state index contributed by atoms with van der Waals surface area (Å²) < 4.78 is 22.4. The number of benzene rings is 1. The number of likely N-dealkylation sites (N-methyl/N-ethyl adjacent to an activating group) is 1. The minimum atomic E-state index is -1.34. The number of pyridine rings is 1. The van der Waals surface area contributed by atoms with Gasteiger partial charge in [0.15, 0.2) is 18.3 Å². The molecule has 2 aromatic rings. The second-order valence-electron chi connectivity index (χ2n) is 6.87. The van der Waals surface area contributed by atoms with Crippen molar-refractivity contribution in [2.75, 3.05) is 43.3 Å². The lowest BCUT2D eigenvalue weighted by atomic mass is 10.1. The van der Waals surface area contributed by atoms with Gasteiger partial charge < -0.3 is 20.1 Å². The molecule has 1 saturated heterocycles. The standard InChI is InChI=1S/C18H21FN4O4/c1-3-20-10-4-5-22(7-10)15-13(19)6-11-14-17(15)27-9-21(2)23(14)8-12(16(11)24)18(25)26/h6,8,10,20H,3-5,7,9H2,1-2H3,(H,25,26). The number of carboxylic acids is 1. The van der Waals surface area contributed by atoms with Gasteiger partial charge >= 0.3 is 5.97 Å². The summed E-state index contributed by atoms with van der Waals surface area (Å²) in [7, 11) is 1.71. The fourth-order valence-electron chi connectivity index (χ4n) is 3.89. The Kier molecular flexibility index (Phi) is 4.18. The third-order valence-electron chi connectivity index (χ3n) is 5.14. The van der Waals surface area contributed by atoms with Gasteiger partial charge in [0.1, 0.15) is 16.8 Å². The zero-order chi connectivity index (χ0) is 19.3.